The molecule has 0 saturated heterocycles. The van der Waals surface area contributed by atoms with E-state index in [1.54, 1.807) is 37.3 Å². The zero-order chi connectivity index (χ0) is 16.4. The Kier molecular flexibility index (Phi) is 4.27. The zero-order valence-electron chi connectivity index (χ0n) is 12.3. The molecule has 0 saturated carbocycles. The van der Waals surface area contributed by atoms with Crippen molar-refractivity contribution < 1.29 is 14.4 Å². The van der Waals surface area contributed by atoms with Crippen LogP contribution in [0.3, 0.4) is 0 Å². The molecule has 0 radical (unpaired) electrons. The first-order valence-electron chi connectivity index (χ1n) is 6.97. The molecule has 23 heavy (non-hydrogen) atoms. The molecule has 1 unspecified atom stereocenters. The molecule has 0 aliphatic rings. The number of benzene rings is 1. The number of aliphatic hydroxyl groups is 1. The number of nitrogens with zero attached hydrogens (tertiary/aromatic N) is 2. The fourth-order valence-electron chi connectivity index (χ4n) is 2.24. The Labute approximate surface area is 137 Å². The largest absolute Gasteiger partial charge is 0.394 e. The van der Waals surface area contributed by atoms with Crippen LogP contribution in [0.5, 0.6) is 0 Å². The van der Waals surface area contributed by atoms with Gasteiger partial charge >= 0.3 is 0 Å². The molecule has 6 nitrogen and oxygen atoms in total. The minimum absolute atomic E-state index is 0.227. The molecule has 2 N–H and O–H groups in total. The van der Waals surface area contributed by atoms with Crippen molar-refractivity contribution in [1.29, 1.82) is 0 Å². The van der Waals surface area contributed by atoms with Crippen LogP contribution in [0.15, 0.2) is 41.1 Å². The first-order chi connectivity index (χ1) is 11.1. The first-order valence-corrected chi connectivity index (χ1v) is 7.35. The van der Waals surface area contributed by atoms with Crippen molar-refractivity contribution in [2.75, 3.05) is 6.61 Å². The summed E-state index contributed by atoms with van der Waals surface area (Å²) in [7, 11) is 0. The van der Waals surface area contributed by atoms with Crippen LogP contribution in [0.25, 0.3) is 11.1 Å². The smallest absolute Gasteiger partial charge is 0.257 e. The summed E-state index contributed by atoms with van der Waals surface area (Å²) < 4.78 is 5.02. The van der Waals surface area contributed by atoms with Crippen LogP contribution in [0, 0.1) is 6.92 Å². The van der Waals surface area contributed by atoms with Gasteiger partial charge in [0.15, 0.2) is 0 Å². The number of aryl methyl sites for hydroxylation is 1. The van der Waals surface area contributed by atoms with E-state index in [1.807, 2.05) is 0 Å². The summed E-state index contributed by atoms with van der Waals surface area (Å²) in [5.74, 6) is -0.339. The topological polar surface area (TPSA) is 88.2 Å². The van der Waals surface area contributed by atoms with Crippen molar-refractivity contribution in [3.8, 4) is 0 Å². The van der Waals surface area contributed by atoms with Gasteiger partial charge in [0.2, 0.25) is 0 Å². The van der Waals surface area contributed by atoms with Crippen LogP contribution >= 0.6 is 11.6 Å². The molecule has 1 atom stereocenters. The number of halogens is 1. The molecule has 0 spiro atoms. The average molecular weight is 332 g/mol. The Hall–Kier alpha value is -2.44. The Balaban J connectivity index is 1.83. The van der Waals surface area contributed by atoms with E-state index in [2.05, 4.69) is 15.5 Å². The predicted molar refractivity (Wildman–Crippen MR) is 85.3 cm³/mol. The van der Waals surface area contributed by atoms with Crippen LogP contribution in [-0.4, -0.2) is 27.8 Å². The van der Waals surface area contributed by atoms with Crippen LogP contribution in [-0.2, 0) is 0 Å². The van der Waals surface area contributed by atoms with E-state index in [9.17, 15) is 9.90 Å². The highest BCUT2D eigenvalue weighted by Crippen LogP contribution is 2.19. The van der Waals surface area contributed by atoms with Crippen LogP contribution in [0.2, 0.25) is 5.02 Å². The normalized spacial score (nSPS) is 12.3. The number of hydrogen-bond donors (Lipinski definition) is 2. The number of amides is 1. The number of pyridine rings is 1. The minimum atomic E-state index is -0.529. The van der Waals surface area contributed by atoms with E-state index in [-0.39, 0.29) is 12.5 Å². The molecule has 0 aliphatic heterocycles. The quantitative estimate of drug-likeness (QED) is 0.767. The number of rotatable bonds is 4. The maximum atomic E-state index is 12.4. The van der Waals surface area contributed by atoms with Crippen molar-refractivity contribution in [3.63, 3.8) is 0 Å². The maximum absolute atomic E-state index is 12.4. The molecule has 7 heteroatoms. The van der Waals surface area contributed by atoms with Gasteiger partial charge in [-0.1, -0.05) is 28.9 Å². The molecule has 118 valence electrons. The number of carbonyl (C=O) groups is 1. The Morgan fingerprint density at radius 1 is 1.39 bits per heavy atom. The van der Waals surface area contributed by atoms with Crippen LogP contribution in [0.1, 0.15) is 27.7 Å². The summed E-state index contributed by atoms with van der Waals surface area (Å²) >= 11 is 5.85. The Morgan fingerprint density at radius 2 is 2.13 bits per heavy atom. The third-order valence-corrected chi connectivity index (χ3v) is 3.78. The fourth-order valence-corrected chi connectivity index (χ4v) is 2.37. The van der Waals surface area contributed by atoms with Crippen molar-refractivity contribution >= 4 is 28.6 Å². The van der Waals surface area contributed by atoms with Gasteiger partial charge in [0.1, 0.15) is 0 Å². The molecular formula is C16H14ClN3O3. The SMILES string of the molecule is Cc1noc2ncc(C(=O)NC(CO)c3ccc(Cl)cc3)cc12. The third kappa shape index (κ3) is 3.18. The summed E-state index contributed by atoms with van der Waals surface area (Å²) in [6.07, 6.45) is 1.42. The average Bonchev–Trinajstić information content (AvgIpc) is 2.94. The third-order valence-electron chi connectivity index (χ3n) is 3.53. The number of carbonyl (C=O) groups excluding carboxylic acids is 1. The van der Waals surface area contributed by atoms with Gasteiger partial charge in [0, 0.05) is 11.2 Å². The lowest BCUT2D eigenvalue weighted by atomic mass is 10.1. The van der Waals surface area contributed by atoms with Crippen molar-refractivity contribution in [2.24, 2.45) is 0 Å². The molecule has 0 bridgehead atoms. The Morgan fingerprint density at radius 3 is 2.83 bits per heavy atom. The standard InChI is InChI=1S/C16H14ClN3O3/c1-9-13-6-11(7-18-16(13)23-20-9)15(22)19-14(8-21)10-2-4-12(17)5-3-10/h2-7,14,21H,8H2,1H3,(H,19,22). The molecule has 0 fully saturated rings. The zero-order valence-corrected chi connectivity index (χ0v) is 13.0. The fraction of sp³-hybridized carbons (Fsp3) is 0.188. The summed E-state index contributed by atoms with van der Waals surface area (Å²) in [5.41, 5.74) is 2.19. The Bertz CT molecular complexity index is 845. The minimum Gasteiger partial charge on any atom is -0.394 e. The molecular weight excluding hydrogens is 318 g/mol. The molecule has 0 aliphatic carbocycles. The summed E-state index contributed by atoms with van der Waals surface area (Å²) in [6, 6.07) is 8.07. The van der Waals surface area contributed by atoms with Gasteiger partial charge in [-0.05, 0) is 30.7 Å². The lowest BCUT2D eigenvalue weighted by Gasteiger charge is -2.16. The van der Waals surface area contributed by atoms with E-state index in [0.29, 0.717) is 27.4 Å². The summed E-state index contributed by atoms with van der Waals surface area (Å²) in [6.45, 7) is 1.55. The van der Waals surface area contributed by atoms with E-state index >= 15 is 0 Å². The van der Waals surface area contributed by atoms with Gasteiger partial charge in [-0.25, -0.2) is 4.98 Å². The predicted octanol–water partition coefficient (Wildman–Crippen LogP) is 2.65. The van der Waals surface area contributed by atoms with Gasteiger partial charge in [-0.3, -0.25) is 4.79 Å². The molecule has 1 aromatic carbocycles. The van der Waals surface area contributed by atoms with Gasteiger partial charge in [0.25, 0.3) is 11.6 Å². The van der Waals surface area contributed by atoms with Crippen LogP contribution in [0.4, 0.5) is 0 Å². The second-order valence-electron chi connectivity index (χ2n) is 5.10. The van der Waals surface area contributed by atoms with Gasteiger partial charge in [0.05, 0.1) is 29.3 Å². The van der Waals surface area contributed by atoms with E-state index in [4.69, 9.17) is 16.1 Å². The number of nitrogens with one attached hydrogen (secondary N) is 1. The number of fused-ring (bicyclic) bond motifs is 1. The molecule has 3 aromatic rings. The lowest BCUT2D eigenvalue weighted by Crippen LogP contribution is -2.30. The second-order valence-corrected chi connectivity index (χ2v) is 5.54. The first kappa shape index (κ1) is 15.5. The van der Waals surface area contributed by atoms with E-state index in [1.165, 1.54) is 6.20 Å². The van der Waals surface area contributed by atoms with Gasteiger partial charge < -0.3 is 14.9 Å². The van der Waals surface area contributed by atoms with Crippen LogP contribution < -0.4 is 5.32 Å². The van der Waals surface area contributed by atoms with E-state index < -0.39 is 6.04 Å². The monoisotopic (exact) mass is 331 g/mol. The number of aromatic nitrogens is 2. The number of hydrogen-bond acceptors (Lipinski definition) is 5. The summed E-state index contributed by atoms with van der Waals surface area (Å²) in [5, 5.41) is 17.4. The maximum Gasteiger partial charge on any atom is 0.257 e. The highest BCUT2D eigenvalue weighted by Gasteiger charge is 2.17. The van der Waals surface area contributed by atoms with Gasteiger partial charge in [-0.15, -0.1) is 0 Å². The van der Waals surface area contributed by atoms with Crippen molar-refractivity contribution in [1.82, 2.24) is 15.5 Å². The lowest BCUT2D eigenvalue weighted by molar-refractivity contribution is 0.0916. The highest BCUT2D eigenvalue weighted by molar-refractivity contribution is 6.30. The van der Waals surface area contributed by atoms with Gasteiger partial charge in [-0.2, -0.15) is 0 Å². The van der Waals surface area contributed by atoms with E-state index in [0.717, 1.165) is 5.56 Å². The molecule has 2 heterocycles. The van der Waals surface area contributed by atoms with Crippen molar-refractivity contribution in [3.05, 3.63) is 58.4 Å². The molecule has 1 amide bonds. The molecule has 2 aromatic heterocycles. The number of aliphatic hydroxyl groups excluding tert-OH is 1. The highest BCUT2D eigenvalue weighted by atomic mass is 35.5. The van der Waals surface area contributed by atoms with Crippen molar-refractivity contribution in [2.45, 2.75) is 13.0 Å². The molecule has 3 rings (SSSR count). The second kappa shape index (κ2) is 6.36. The summed E-state index contributed by atoms with van der Waals surface area (Å²) in [4.78, 5) is 16.5.